The number of allylic oxidation sites excluding steroid dienone is 3. The number of likely N-dealkylation sites (N-methyl/N-ethyl adjacent to an activating group) is 1. The smallest absolute Gasteiger partial charge is 0.308 e. The molecule has 0 radical (unpaired) electrons. The summed E-state index contributed by atoms with van der Waals surface area (Å²) in [5.74, 6) is -4.62. The summed E-state index contributed by atoms with van der Waals surface area (Å²) >= 11 is 0. The predicted octanol–water partition coefficient (Wildman–Crippen LogP) is 3.61. The van der Waals surface area contributed by atoms with Gasteiger partial charge in [-0.3, -0.25) is 19.2 Å². The molecule has 0 bridgehead atoms. The van der Waals surface area contributed by atoms with Crippen LogP contribution in [0, 0.1) is 29.6 Å². The molecule has 4 rings (SSSR count). The number of cyclic esters (lactones) is 1. The third kappa shape index (κ3) is 16.4. The molecule has 4 aliphatic heterocycles. The van der Waals surface area contributed by atoms with E-state index in [-0.39, 0.29) is 44.0 Å². The van der Waals surface area contributed by atoms with E-state index in [1.165, 1.54) is 34.1 Å². The molecule has 0 aromatic carbocycles. The first kappa shape index (κ1) is 61.3. The number of rotatable bonds is 17. The fourth-order valence-corrected chi connectivity index (χ4v) is 10.4. The fraction of sp³-hybridized carbons (Fsp3) is 0.827. The van der Waals surface area contributed by atoms with Gasteiger partial charge in [0, 0.05) is 58.2 Å². The second kappa shape index (κ2) is 28.0. The average Bonchev–Trinajstić information content (AvgIpc) is 3.29. The van der Waals surface area contributed by atoms with Crippen LogP contribution in [-0.2, 0) is 76.1 Å². The Morgan fingerprint density at radius 2 is 1.54 bits per heavy atom. The number of ether oxygens (including phenoxy) is 11. The normalized spacial score (nSPS) is 40.7. The maximum Gasteiger partial charge on any atom is 0.308 e. The highest BCUT2D eigenvalue weighted by atomic mass is 16.7. The van der Waals surface area contributed by atoms with E-state index in [1.54, 1.807) is 71.8 Å². The lowest BCUT2D eigenvalue weighted by atomic mass is 9.79. The number of aldehydes is 1. The Kier molecular flexibility index (Phi) is 23.9. The minimum atomic E-state index is -1.50. The number of nitrogens with zero attached hydrogens (tertiary/aromatic N) is 1. The van der Waals surface area contributed by atoms with E-state index >= 15 is 0 Å². The molecular weight excluding hydrogens is 943 g/mol. The summed E-state index contributed by atoms with van der Waals surface area (Å²) in [5, 5.41) is 35.3. The first-order chi connectivity index (χ1) is 33.9. The van der Waals surface area contributed by atoms with Gasteiger partial charge in [0.25, 0.3) is 0 Å². The highest BCUT2D eigenvalue weighted by molar-refractivity contribution is 5.91. The van der Waals surface area contributed by atoms with Gasteiger partial charge in [-0.25, -0.2) is 0 Å². The van der Waals surface area contributed by atoms with Gasteiger partial charge in [-0.2, -0.15) is 0 Å². The zero-order valence-electron chi connectivity index (χ0n) is 44.8. The first-order valence-electron chi connectivity index (χ1n) is 25.4. The van der Waals surface area contributed by atoms with Crippen molar-refractivity contribution in [3.8, 4) is 0 Å². The van der Waals surface area contributed by atoms with Crippen molar-refractivity contribution in [3.05, 3.63) is 24.3 Å². The Balaban J connectivity index is 1.57. The Hall–Kier alpha value is -3.25. The van der Waals surface area contributed by atoms with Crippen LogP contribution in [0.4, 0.5) is 0 Å². The molecule has 0 aromatic heterocycles. The SMILES string of the molecule is CC[C@H]1OC(=O)C[C@@H](O)[C@H](C)[C@@H](O[C@H]2O[C@H](C)[C@@H](O[C@H]3C[C@@](C)(O)[C@@H](OC(C)=O)[C@H](C)O3)[C@H](N(C)C)[C@H]2O)[C@@H](CC=O)C[C@@H](C)C(=O)C=CC=C[C@@H]1CO[C@@H]1O[C@H](C)[C@@H](OC(=O)CC(C)C)[C@@H](OC)[C@H]1OC. The van der Waals surface area contributed by atoms with Crippen molar-refractivity contribution in [2.24, 2.45) is 29.6 Å². The summed E-state index contributed by atoms with van der Waals surface area (Å²) in [5.41, 5.74) is -1.50. The lowest BCUT2D eigenvalue weighted by molar-refractivity contribution is -0.342. The summed E-state index contributed by atoms with van der Waals surface area (Å²) in [7, 11) is 6.44. The van der Waals surface area contributed by atoms with Crippen LogP contribution in [0.2, 0.25) is 0 Å². The van der Waals surface area contributed by atoms with Crippen molar-refractivity contribution < 1.29 is 91.4 Å². The molecule has 72 heavy (non-hydrogen) atoms. The van der Waals surface area contributed by atoms with Gasteiger partial charge in [-0.15, -0.1) is 0 Å². The van der Waals surface area contributed by atoms with E-state index in [0.717, 1.165) is 0 Å². The molecule has 0 aromatic rings. The molecule has 20 nitrogen and oxygen atoms in total. The predicted molar refractivity (Wildman–Crippen MR) is 259 cm³/mol. The quantitative estimate of drug-likeness (QED) is 0.107. The third-order valence-electron chi connectivity index (χ3n) is 14.2. The van der Waals surface area contributed by atoms with Crippen molar-refractivity contribution in [1.82, 2.24) is 4.90 Å². The van der Waals surface area contributed by atoms with E-state index < -0.39 is 152 Å². The summed E-state index contributed by atoms with van der Waals surface area (Å²) in [4.78, 5) is 66.2. The van der Waals surface area contributed by atoms with Gasteiger partial charge in [0.15, 0.2) is 36.9 Å². The van der Waals surface area contributed by atoms with E-state index in [1.807, 2.05) is 20.8 Å². The van der Waals surface area contributed by atoms with Crippen molar-refractivity contribution in [1.29, 1.82) is 0 Å². The Morgan fingerprint density at radius 3 is 2.12 bits per heavy atom. The molecule has 21 atom stereocenters. The van der Waals surface area contributed by atoms with E-state index in [0.29, 0.717) is 12.7 Å². The van der Waals surface area contributed by atoms with Gasteiger partial charge < -0.3 is 77.1 Å². The number of aliphatic hydroxyl groups excluding tert-OH is 2. The summed E-state index contributed by atoms with van der Waals surface area (Å²) in [6, 6.07) is -0.785. The minimum absolute atomic E-state index is 0.0413. The number of hydrogen-bond donors (Lipinski definition) is 3. The summed E-state index contributed by atoms with van der Waals surface area (Å²) < 4.78 is 67.0. The van der Waals surface area contributed by atoms with Gasteiger partial charge in [0.1, 0.15) is 42.4 Å². The number of carbonyl (C=O) groups excluding carboxylic acids is 5. The highest BCUT2D eigenvalue weighted by Crippen LogP contribution is 2.38. The molecule has 0 spiro atoms. The second-order valence-corrected chi connectivity index (χ2v) is 20.9. The van der Waals surface area contributed by atoms with E-state index in [4.69, 9.17) is 52.1 Å². The fourth-order valence-electron chi connectivity index (χ4n) is 10.4. The Bertz CT molecular complexity index is 1810. The lowest BCUT2D eigenvalue weighted by Crippen LogP contribution is -2.65. The van der Waals surface area contributed by atoms with Crippen molar-refractivity contribution in [2.45, 2.75) is 212 Å². The first-order valence-corrected chi connectivity index (χ1v) is 25.4. The number of methoxy groups -OCH3 is 2. The molecule has 0 amide bonds. The third-order valence-corrected chi connectivity index (χ3v) is 14.2. The zero-order valence-corrected chi connectivity index (χ0v) is 44.8. The van der Waals surface area contributed by atoms with Gasteiger partial charge in [-0.1, -0.05) is 52.8 Å². The average molecular weight is 1030 g/mol. The van der Waals surface area contributed by atoms with Crippen LogP contribution in [0.25, 0.3) is 0 Å². The van der Waals surface area contributed by atoms with Gasteiger partial charge in [0.2, 0.25) is 0 Å². The van der Waals surface area contributed by atoms with Crippen molar-refractivity contribution >= 4 is 30.0 Å². The molecule has 0 saturated carbocycles. The summed E-state index contributed by atoms with van der Waals surface area (Å²) in [6.45, 7) is 16.9. The van der Waals surface area contributed by atoms with Crippen LogP contribution in [0.1, 0.15) is 108 Å². The molecule has 3 saturated heterocycles. The molecule has 3 fully saturated rings. The Morgan fingerprint density at radius 1 is 0.889 bits per heavy atom. The van der Waals surface area contributed by atoms with Gasteiger partial charge in [-0.05, 0) is 72.5 Å². The molecule has 20 heteroatoms. The lowest BCUT2D eigenvalue weighted by Gasteiger charge is -2.50. The Labute approximate surface area is 425 Å². The molecule has 0 unspecified atom stereocenters. The van der Waals surface area contributed by atoms with E-state index in [2.05, 4.69) is 0 Å². The number of hydrogen-bond acceptors (Lipinski definition) is 20. The van der Waals surface area contributed by atoms with E-state index in [9.17, 15) is 39.3 Å². The standard InChI is InChI=1S/C52H85NO19/c1-15-38-35(26-64-51-48(63-14)47(62-13)46(31(7)67-51)70-39(58)22-27(2)3)18-16-17-19-36(56)28(4)23-34(20-21-54)44(29(5)37(57)24-40(59)69-38)72-50-43(60)42(53(11)12)45(30(6)66-50)71-41-25-52(10,61)49(32(8)65-41)68-33(9)55/h16-19,21,27-32,34-35,37-38,41-51,57,60-61H,15,20,22-26H2,1-14H3/t28-,29+,30-,31-,32+,34+,35-,37-,38-,41+,42-,43-,44-,45-,46-,47-,48-,49+,50-,51-,52-/m1/s1. The highest BCUT2D eigenvalue weighted by Gasteiger charge is 2.53. The maximum absolute atomic E-state index is 13.9. The van der Waals surface area contributed by atoms with Crippen LogP contribution in [0.5, 0.6) is 0 Å². The van der Waals surface area contributed by atoms with Gasteiger partial charge in [0.05, 0.1) is 49.6 Å². The zero-order chi connectivity index (χ0) is 53.8. The number of aliphatic hydroxyl groups is 3. The molecular formula is C52H85NO19. The van der Waals surface area contributed by atoms with Crippen molar-refractivity contribution in [3.63, 3.8) is 0 Å². The van der Waals surface area contributed by atoms with Crippen LogP contribution in [0.3, 0.4) is 0 Å². The second-order valence-electron chi connectivity index (χ2n) is 20.9. The number of carbonyl (C=O) groups is 5. The van der Waals surface area contributed by atoms with Crippen LogP contribution in [0.15, 0.2) is 24.3 Å². The number of esters is 3. The van der Waals surface area contributed by atoms with Crippen LogP contribution in [-0.4, -0.2) is 189 Å². The molecule has 4 heterocycles. The van der Waals surface area contributed by atoms with Crippen LogP contribution >= 0.6 is 0 Å². The van der Waals surface area contributed by atoms with Crippen molar-refractivity contribution in [2.75, 3.05) is 34.9 Å². The molecule has 412 valence electrons. The monoisotopic (exact) mass is 1030 g/mol. The summed E-state index contributed by atoms with van der Waals surface area (Å²) in [6.07, 6.45) is -6.95. The minimum Gasteiger partial charge on any atom is -0.462 e. The molecule has 0 aliphatic carbocycles. The number of ketones is 1. The van der Waals surface area contributed by atoms with Crippen LogP contribution < -0.4 is 0 Å². The molecule has 3 N–H and O–H groups in total. The van der Waals surface area contributed by atoms with Gasteiger partial charge >= 0.3 is 17.9 Å². The topological polar surface area (TPSA) is 251 Å². The molecule has 4 aliphatic rings. The largest absolute Gasteiger partial charge is 0.462 e. The maximum atomic E-state index is 13.9.